The molecule has 1 heterocycles. The molecule has 0 unspecified atom stereocenters. The molecule has 1 atom stereocenters. The third kappa shape index (κ3) is 5.31. The number of sulfonamides is 1. The van der Waals surface area contributed by atoms with Crippen molar-refractivity contribution in [2.45, 2.75) is 51.3 Å². The van der Waals surface area contributed by atoms with Crippen LogP contribution in [-0.2, 0) is 20.6 Å². The lowest BCUT2D eigenvalue weighted by molar-refractivity contribution is -0.126. The number of benzene rings is 1. The highest BCUT2D eigenvalue weighted by atomic mass is 32.2. The number of carbonyl (C=O) groups excluding carboxylic acids is 1. The Morgan fingerprint density at radius 2 is 1.88 bits per heavy atom. The van der Waals surface area contributed by atoms with Gasteiger partial charge in [0, 0.05) is 25.0 Å². The van der Waals surface area contributed by atoms with Crippen molar-refractivity contribution in [3.63, 3.8) is 0 Å². The Morgan fingerprint density at radius 3 is 2.46 bits per heavy atom. The molecule has 0 spiro atoms. The number of rotatable bonds is 7. The molecule has 0 aromatic heterocycles. The van der Waals surface area contributed by atoms with Gasteiger partial charge in [0.25, 0.3) is 0 Å². The Bertz CT molecular complexity index is 623. The van der Waals surface area contributed by atoms with E-state index in [4.69, 9.17) is 0 Å². The number of nitrogens with zero attached hydrogens (tertiary/aromatic N) is 1. The van der Waals surface area contributed by atoms with Crippen LogP contribution in [0.1, 0.15) is 45.1 Å². The summed E-state index contributed by atoms with van der Waals surface area (Å²) >= 11 is 0. The van der Waals surface area contributed by atoms with Crippen molar-refractivity contribution >= 4 is 15.9 Å². The van der Waals surface area contributed by atoms with Gasteiger partial charge >= 0.3 is 0 Å². The highest BCUT2D eigenvalue weighted by Crippen LogP contribution is 2.22. The summed E-state index contributed by atoms with van der Waals surface area (Å²) in [5.74, 6) is 0.0154. The summed E-state index contributed by atoms with van der Waals surface area (Å²) in [5.41, 5.74) is 0.797. The lowest BCUT2D eigenvalue weighted by Gasteiger charge is -2.31. The quantitative estimate of drug-likeness (QED) is 0.820. The summed E-state index contributed by atoms with van der Waals surface area (Å²) in [6.07, 6.45) is 3.20. The van der Waals surface area contributed by atoms with E-state index in [9.17, 15) is 13.2 Å². The van der Waals surface area contributed by atoms with Crippen LogP contribution in [0.3, 0.4) is 0 Å². The first-order valence-electron chi connectivity index (χ1n) is 8.74. The van der Waals surface area contributed by atoms with Crippen LogP contribution in [0.4, 0.5) is 0 Å². The molecule has 2 rings (SSSR count). The molecule has 1 saturated heterocycles. The van der Waals surface area contributed by atoms with E-state index in [-0.39, 0.29) is 23.6 Å². The molecule has 0 aliphatic carbocycles. The van der Waals surface area contributed by atoms with Crippen molar-refractivity contribution in [1.82, 2.24) is 9.62 Å². The Kier molecular flexibility index (Phi) is 6.80. The fourth-order valence-corrected chi connectivity index (χ4v) is 4.70. The lowest BCUT2D eigenvalue weighted by atomic mass is 9.96. The van der Waals surface area contributed by atoms with E-state index >= 15 is 0 Å². The summed E-state index contributed by atoms with van der Waals surface area (Å²) in [6.45, 7) is 4.96. The second-order valence-electron chi connectivity index (χ2n) is 6.61. The lowest BCUT2D eigenvalue weighted by Crippen LogP contribution is -2.45. The monoisotopic (exact) mass is 352 g/mol. The molecule has 1 amide bonds. The minimum atomic E-state index is -3.32. The van der Waals surface area contributed by atoms with Gasteiger partial charge in [-0.3, -0.25) is 4.79 Å². The zero-order chi connectivity index (χ0) is 17.6. The van der Waals surface area contributed by atoms with E-state index in [0.717, 1.165) is 18.4 Å². The van der Waals surface area contributed by atoms with Gasteiger partial charge in [-0.2, -0.15) is 0 Å². The molecule has 24 heavy (non-hydrogen) atoms. The van der Waals surface area contributed by atoms with Crippen LogP contribution in [0, 0.1) is 5.92 Å². The summed E-state index contributed by atoms with van der Waals surface area (Å²) in [4.78, 5) is 12.3. The first-order chi connectivity index (χ1) is 11.4. The van der Waals surface area contributed by atoms with Gasteiger partial charge in [0.05, 0.1) is 5.75 Å². The molecule has 1 fully saturated rings. The highest BCUT2D eigenvalue weighted by molar-refractivity contribution is 7.88. The molecule has 6 heteroatoms. The van der Waals surface area contributed by atoms with Gasteiger partial charge in [-0.05, 0) is 31.7 Å². The molecule has 1 aliphatic rings. The Balaban J connectivity index is 1.86. The number of piperidine rings is 1. The topological polar surface area (TPSA) is 66.5 Å². The van der Waals surface area contributed by atoms with Gasteiger partial charge in [0.1, 0.15) is 0 Å². The van der Waals surface area contributed by atoms with Gasteiger partial charge in [-0.25, -0.2) is 12.7 Å². The second-order valence-corrected chi connectivity index (χ2v) is 8.58. The summed E-state index contributed by atoms with van der Waals surface area (Å²) in [7, 11) is -3.32. The summed E-state index contributed by atoms with van der Waals surface area (Å²) in [5, 5.41) is 3.04. The molecule has 0 saturated carbocycles. The number of nitrogens with one attached hydrogen (secondary N) is 1. The molecular weight excluding hydrogens is 324 g/mol. The number of amides is 1. The van der Waals surface area contributed by atoms with Crippen molar-refractivity contribution in [1.29, 1.82) is 0 Å². The molecule has 0 bridgehead atoms. The van der Waals surface area contributed by atoms with Crippen LogP contribution >= 0.6 is 0 Å². The molecule has 134 valence electrons. The van der Waals surface area contributed by atoms with Crippen molar-refractivity contribution < 1.29 is 13.2 Å². The van der Waals surface area contributed by atoms with Crippen molar-refractivity contribution in [2.75, 3.05) is 13.1 Å². The predicted molar refractivity (Wildman–Crippen MR) is 95.9 cm³/mol. The highest BCUT2D eigenvalue weighted by Gasteiger charge is 2.31. The first kappa shape index (κ1) is 18.9. The Hall–Kier alpha value is -1.40. The maximum absolute atomic E-state index is 12.5. The molecule has 1 aliphatic heterocycles. The largest absolute Gasteiger partial charge is 0.353 e. The van der Waals surface area contributed by atoms with Gasteiger partial charge in [0.15, 0.2) is 0 Å². The zero-order valence-electron chi connectivity index (χ0n) is 14.6. The van der Waals surface area contributed by atoms with Gasteiger partial charge < -0.3 is 5.32 Å². The van der Waals surface area contributed by atoms with E-state index in [1.807, 2.05) is 37.3 Å². The second kappa shape index (κ2) is 8.62. The van der Waals surface area contributed by atoms with E-state index in [1.165, 1.54) is 4.31 Å². The summed E-state index contributed by atoms with van der Waals surface area (Å²) in [6, 6.07) is 9.40. The smallest absolute Gasteiger partial charge is 0.223 e. The molecule has 1 aromatic carbocycles. The first-order valence-corrected chi connectivity index (χ1v) is 10.4. The third-order valence-electron chi connectivity index (χ3n) is 4.52. The van der Waals surface area contributed by atoms with E-state index in [1.54, 1.807) is 0 Å². The molecular formula is C18H28N2O3S. The van der Waals surface area contributed by atoms with E-state index in [2.05, 4.69) is 12.2 Å². The van der Waals surface area contributed by atoms with Gasteiger partial charge in [0.2, 0.25) is 15.9 Å². The van der Waals surface area contributed by atoms with Crippen LogP contribution in [0.15, 0.2) is 30.3 Å². The molecule has 1 N–H and O–H groups in total. The van der Waals surface area contributed by atoms with Crippen LogP contribution in [0.25, 0.3) is 0 Å². The Labute approximate surface area is 145 Å². The number of carbonyl (C=O) groups is 1. The SMILES string of the molecule is CCC[C@H](C)NC(=O)C1CCN(S(=O)(=O)Cc2ccccc2)CC1. The number of hydrogen-bond donors (Lipinski definition) is 1. The maximum Gasteiger partial charge on any atom is 0.223 e. The van der Waals surface area contributed by atoms with Crippen molar-refractivity contribution in [3.05, 3.63) is 35.9 Å². The van der Waals surface area contributed by atoms with Gasteiger partial charge in [-0.15, -0.1) is 0 Å². The molecule has 5 nitrogen and oxygen atoms in total. The fraction of sp³-hybridized carbons (Fsp3) is 0.611. The number of hydrogen-bond acceptors (Lipinski definition) is 3. The average Bonchev–Trinajstić information content (AvgIpc) is 2.55. The van der Waals surface area contributed by atoms with Crippen LogP contribution < -0.4 is 5.32 Å². The predicted octanol–water partition coefficient (Wildman–Crippen LogP) is 2.53. The fourth-order valence-electron chi connectivity index (χ4n) is 3.14. The van der Waals surface area contributed by atoms with Gasteiger partial charge in [-0.1, -0.05) is 43.7 Å². The zero-order valence-corrected chi connectivity index (χ0v) is 15.4. The summed E-state index contributed by atoms with van der Waals surface area (Å²) < 4.78 is 26.6. The van der Waals surface area contributed by atoms with Crippen molar-refractivity contribution in [3.8, 4) is 0 Å². The maximum atomic E-state index is 12.5. The minimum Gasteiger partial charge on any atom is -0.353 e. The van der Waals surface area contributed by atoms with Crippen LogP contribution in [0.2, 0.25) is 0 Å². The van der Waals surface area contributed by atoms with E-state index < -0.39 is 10.0 Å². The molecule has 1 aromatic rings. The van der Waals surface area contributed by atoms with Crippen LogP contribution in [0.5, 0.6) is 0 Å². The van der Waals surface area contributed by atoms with Crippen molar-refractivity contribution in [2.24, 2.45) is 5.92 Å². The minimum absolute atomic E-state index is 0.0260. The van der Waals surface area contributed by atoms with Crippen LogP contribution in [-0.4, -0.2) is 37.8 Å². The molecule has 0 radical (unpaired) electrons. The standard InChI is InChI=1S/C18H28N2O3S/c1-3-7-15(2)19-18(21)17-10-12-20(13-11-17)24(22,23)14-16-8-5-4-6-9-16/h4-6,8-9,15,17H,3,7,10-14H2,1-2H3,(H,19,21)/t15-/m0/s1. The average molecular weight is 353 g/mol. The third-order valence-corrected chi connectivity index (χ3v) is 6.37. The Morgan fingerprint density at radius 1 is 1.25 bits per heavy atom. The van der Waals surface area contributed by atoms with E-state index in [0.29, 0.717) is 25.9 Å². The normalized spacial score (nSPS) is 18.2.